The highest BCUT2D eigenvalue weighted by Gasteiger charge is 2.42. The van der Waals surface area contributed by atoms with E-state index >= 15 is 0 Å². The van der Waals surface area contributed by atoms with Gasteiger partial charge in [-0.05, 0) is 127 Å². The molecule has 2 aliphatic carbocycles. The van der Waals surface area contributed by atoms with Crippen LogP contribution in [0.5, 0.6) is 0 Å². The summed E-state index contributed by atoms with van der Waals surface area (Å²) in [6.45, 7) is 9.24. The molecule has 500 valence electrons. The molecule has 0 unspecified atom stereocenters. The van der Waals surface area contributed by atoms with E-state index in [0.29, 0.717) is 0 Å². The summed E-state index contributed by atoms with van der Waals surface area (Å²) in [5, 5.41) is 9.95. The molecular formula is C102H72N4. The third kappa shape index (κ3) is 10.7. The van der Waals surface area contributed by atoms with Crippen molar-refractivity contribution in [3.63, 3.8) is 0 Å². The van der Waals surface area contributed by atoms with Crippen LogP contribution in [0, 0.1) is 0 Å². The van der Waals surface area contributed by atoms with Crippen LogP contribution in [0.1, 0.15) is 49.9 Å². The molecule has 0 saturated carbocycles. The highest BCUT2D eigenvalue weighted by atomic mass is 14.9. The fourth-order valence-corrected chi connectivity index (χ4v) is 17.1. The Hall–Kier alpha value is -13.3. The van der Waals surface area contributed by atoms with Gasteiger partial charge < -0.3 is 0 Å². The van der Waals surface area contributed by atoms with Crippen LogP contribution in [-0.4, -0.2) is 19.9 Å². The molecule has 2 aliphatic rings. The summed E-state index contributed by atoms with van der Waals surface area (Å²) in [7, 11) is 0. The van der Waals surface area contributed by atoms with E-state index in [2.05, 4.69) is 380 Å². The fraction of sp³-hybridized carbons (Fsp3) is 0.0588. The van der Waals surface area contributed by atoms with Crippen molar-refractivity contribution in [3.05, 3.63) is 386 Å². The largest absolute Gasteiger partial charge is 0.228 e. The van der Waals surface area contributed by atoms with Gasteiger partial charge in [0.2, 0.25) is 0 Å². The average Bonchev–Trinajstić information content (AvgIpc) is 1.05. The molecule has 2 aromatic heterocycles. The summed E-state index contributed by atoms with van der Waals surface area (Å²) in [4.78, 5) is 21.2. The van der Waals surface area contributed by atoms with Crippen LogP contribution in [0.2, 0.25) is 0 Å². The molecule has 0 radical (unpaired) electrons. The van der Waals surface area contributed by atoms with Crippen LogP contribution in [0.15, 0.2) is 364 Å². The maximum absolute atomic E-state index is 5.38. The van der Waals surface area contributed by atoms with E-state index in [4.69, 9.17) is 19.9 Å². The zero-order chi connectivity index (χ0) is 71.0. The lowest BCUT2D eigenvalue weighted by molar-refractivity contribution is 0.657. The number of aromatic nitrogens is 4. The minimum atomic E-state index is -0.288. The second-order valence-corrected chi connectivity index (χ2v) is 29.0. The Labute approximate surface area is 618 Å². The first-order valence-electron chi connectivity index (χ1n) is 36.7. The molecule has 0 aliphatic heterocycles. The average molecular weight is 1350 g/mol. The summed E-state index contributed by atoms with van der Waals surface area (Å²) in [5.41, 5.74) is 29.7. The molecule has 0 spiro atoms. The van der Waals surface area contributed by atoms with Gasteiger partial charge in [-0.3, -0.25) is 0 Å². The van der Waals surface area contributed by atoms with Crippen LogP contribution in [0.4, 0.5) is 0 Å². The molecule has 18 aromatic rings. The molecular weight excluding hydrogens is 1280 g/mol. The Morgan fingerprint density at radius 1 is 0.179 bits per heavy atom. The fourth-order valence-electron chi connectivity index (χ4n) is 17.1. The number of hydrogen-bond acceptors (Lipinski definition) is 4. The number of rotatable bonds is 10. The number of nitrogens with zero attached hydrogens (tertiary/aromatic N) is 4. The Balaban J connectivity index is 0.000000145. The Morgan fingerprint density at radius 3 is 0.783 bits per heavy atom. The van der Waals surface area contributed by atoms with Gasteiger partial charge in [0.05, 0.1) is 22.8 Å². The van der Waals surface area contributed by atoms with Crippen molar-refractivity contribution in [3.8, 4) is 135 Å². The van der Waals surface area contributed by atoms with E-state index in [1.807, 2.05) is 12.1 Å². The van der Waals surface area contributed by atoms with E-state index in [-0.39, 0.29) is 10.8 Å². The van der Waals surface area contributed by atoms with Crippen molar-refractivity contribution in [2.45, 2.75) is 38.5 Å². The third-order valence-corrected chi connectivity index (χ3v) is 22.1. The van der Waals surface area contributed by atoms with Gasteiger partial charge in [0, 0.05) is 55.3 Å². The van der Waals surface area contributed by atoms with Crippen LogP contribution >= 0.6 is 0 Å². The Bertz CT molecular complexity index is 6310. The first-order chi connectivity index (χ1) is 52.1. The van der Waals surface area contributed by atoms with E-state index in [1.54, 1.807) is 0 Å². The standard InChI is InChI=1S/2C51H36N2/c1-51(2)44-31-30-38(32-43(44)49-47(51)48(36-18-8-4-9-19-36)52-50(53-49)37-20-10-5-11-21-37)46-41-24-14-12-22-39(41)45(40-23-13-15-25-42(40)46)35-28-26-34(27-29-35)33-16-6-3-7-17-33;1-51(2)44-24-14-13-23-43(44)49-47(51)48(52-50(53-49)38-17-7-4-8-18-38)37-31-29-36(30-32-37)46-41-21-11-9-19-39(41)45(40-20-10-12-22-42(40)46)35-27-25-34(26-28-35)33-15-5-3-6-16-33/h2*3-32H,1-2H3. The highest BCUT2D eigenvalue weighted by Crippen LogP contribution is 2.55. The highest BCUT2D eigenvalue weighted by molar-refractivity contribution is 6.23. The minimum absolute atomic E-state index is 0.239. The number of fused-ring (bicyclic) bond motifs is 10. The predicted octanol–water partition coefficient (Wildman–Crippen LogP) is 26.8. The predicted molar refractivity (Wildman–Crippen MR) is 444 cm³/mol. The van der Waals surface area contributed by atoms with Gasteiger partial charge >= 0.3 is 0 Å². The molecule has 0 bridgehead atoms. The van der Waals surface area contributed by atoms with Gasteiger partial charge in [-0.25, -0.2) is 19.9 Å². The quantitative estimate of drug-likeness (QED) is 0.128. The lowest BCUT2D eigenvalue weighted by Crippen LogP contribution is -2.17. The zero-order valence-corrected chi connectivity index (χ0v) is 59.4. The molecule has 0 atom stereocenters. The Morgan fingerprint density at radius 2 is 0.415 bits per heavy atom. The van der Waals surface area contributed by atoms with Gasteiger partial charge in [0.15, 0.2) is 11.6 Å². The molecule has 0 N–H and O–H groups in total. The monoisotopic (exact) mass is 1350 g/mol. The summed E-state index contributed by atoms with van der Waals surface area (Å²) in [5.74, 6) is 1.50. The topological polar surface area (TPSA) is 51.6 Å². The van der Waals surface area contributed by atoms with E-state index < -0.39 is 0 Å². The molecule has 4 heteroatoms. The molecule has 0 saturated heterocycles. The van der Waals surface area contributed by atoms with Gasteiger partial charge in [0.1, 0.15) is 0 Å². The summed E-state index contributed by atoms with van der Waals surface area (Å²) < 4.78 is 0. The van der Waals surface area contributed by atoms with Gasteiger partial charge in [-0.15, -0.1) is 0 Å². The first kappa shape index (κ1) is 63.6. The lowest BCUT2D eigenvalue weighted by atomic mass is 9.80. The van der Waals surface area contributed by atoms with Crippen molar-refractivity contribution < 1.29 is 0 Å². The zero-order valence-electron chi connectivity index (χ0n) is 59.4. The molecule has 0 fully saturated rings. The van der Waals surface area contributed by atoms with Crippen LogP contribution in [0.25, 0.3) is 178 Å². The lowest BCUT2D eigenvalue weighted by Gasteiger charge is -2.24. The molecule has 106 heavy (non-hydrogen) atoms. The van der Waals surface area contributed by atoms with Crippen molar-refractivity contribution in [2.24, 2.45) is 0 Å². The summed E-state index contributed by atoms with van der Waals surface area (Å²) >= 11 is 0. The van der Waals surface area contributed by atoms with Gasteiger partial charge in [0.25, 0.3) is 0 Å². The second-order valence-electron chi connectivity index (χ2n) is 29.0. The smallest absolute Gasteiger partial charge is 0.160 e. The molecule has 4 nitrogen and oxygen atoms in total. The van der Waals surface area contributed by atoms with Gasteiger partial charge in [-0.1, -0.05) is 386 Å². The van der Waals surface area contributed by atoms with Crippen molar-refractivity contribution >= 4 is 43.1 Å². The van der Waals surface area contributed by atoms with Crippen LogP contribution in [0.3, 0.4) is 0 Å². The molecule has 16 aromatic carbocycles. The number of benzene rings is 16. The SMILES string of the molecule is CC1(C)c2ccc(-c3c4ccccc4c(-c4ccc(-c5ccccc5)cc4)c4ccccc34)cc2-c2nc(-c3ccccc3)nc(-c3ccccc3)c21.CC1(C)c2ccccc2-c2nc(-c3ccccc3)nc(-c3ccc(-c4c5ccccc5c(-c5ccc(-c6ccccc6)cc5)c5ccccc45)cc3)c21. The summed E-state index contributed by atoms with van der Waals surface area (Å²) in [6.07, 6.45) is 0. The van der Waals surface area contributed by atoms with E-state index in [1.165, 1.54) is 143 Å². The van der Waals surface area contributed by atoms with E-state index in [9.17, 15) is 0 Å². The Kier molecular flexibility index (Phi) is 15.5. The normalized spacial score (nSPS) is 12.9. The van der Waals surface area contributed by atoms with Crippen molar-refractivity contribution in [2.75, 3.05) is 0 Å². The van der Waals surface area contributed by atoms with Crippen molar-refractivity contribution in [1.82, 2.24) is 19.9 Å². The number of hydrogen-bond donors (Lipinski definition) is 0. The second kappa shape index (κ2) is 25.9. The maximum atomic E-state index is 5.38. The molecule has 2 heterocycles. The minimum Gasteiger partial charge on any atom is -0.228 e. The third-order valence-electron chi connectivity index (χ3n) is 22.1. The molecule has 20 rings (SSSR count). The molecule has 0 amide bonds. The van der Waals surface area contributed by atoms with Gasteiger partial charge in [-0.2, -0.15) is 0 Å². The van der Waals surface area contributed by atoms with Crippen LogP contribution in [-0.2, 0) is 10.8 Å². The van der Waals surface area contributed by atoms with Crippen molar-refractivity contribution in [1.29, 1.82) is 0 Å². The van der Waals surface area contributed by atoms with E-state index in [0.717, 1.165) is 56.7 Å². The maximum Gasteiger partial charge on any atom is 0.160 e. The first-order valence-corrected chi connectivity index (χ1v) is 36.7. The van der Waals surface area contributed by atoms with Crippen LogP contribution < -0.4 is 0 Å². The summed E-state index contributed by atoms with van der Waals surface area (Å²) in [6, 6.07) is 131.